The van der Waals surface area contributed by atoms with Crippen molar-refractivity contribution in [3.63, 3.8) is 0 Å². The van der Waals surface area contributed by atoms with Crippen molar-refractivity contribution in [2.45, 2.75) is 63.6 Å². The third kappa shape index (κ3) is 2.43. The molecule has 3 aliphatic rings. The Morgan fingerprint density at radius 3 is 2.75 bits per heavy atom. The van der Waals surface area contributed by atoms with Gasteiger partial charge in [-0.25, -0.2) is 0 Å². The van der Waals surface area contributed by atoms with Gasteiger partial charge in [-0.05, 0) is 32.2 Å². The van der Waals surface area contributed by atoms with Crippen LogP contribution in [0.2, 0.25) is 0 Å². The number of nitrogens with one attached hydrogen (secondary N) is 1. The first-order valence-corrected chi connectivity index (χ1v) is 8.04. The molecule has 3 unspecified atom stereocenters. The van der Waals surface area contributed by atoms with E-state index in [1.54, 1.807) is 0 Å². The highest BCUT2D eigenvalue weighted by Gasteiger charge is 2.42. The Kier molecular flexibility index (Phi) is 3.96. The molecule has 112 valence electrons. The van der Waals surface area contributed by atoms with Crippen LogP contribution in [-0.4, -0.2) is 59.4 Å². The number of carbonyl (C=O) groups excluding carboxylic acids is 2. The van der Waals surface area contributed by atoms with E-state index in [4.69, 9.17) is 0 Å². The van der Waals surface area contributed by atoms with Gasteiger partial charge in [0.25, 0.3) is 0 Å². The van der Waals surface area contributed by atoms with Crippen molar-refractivity contribution in [3.8, 4) is 0 Å². The van der Waals surface area contributed by atoms with Gasteiger partial charge in [0, 0.05) is 31.6 Å². The summed E-state index contributed by atoms with van der Waals surface area (Å²) in [6.45, 7) is 4.85. The molecule has 2 amide bonds. The largest absolute Gasteiger partial charge is 0.344 e. The molecule has 0 aliphatic carbocycles. The second-order valence-electron chi connectivity index (χ2n) is 6.27. The lowest BCUT2D eigenvalue weighted by Crippen LogP contribution is -2.53. The molecule has 5 nitrogen and oxygen atoms in total. The third-order valence-corrected chi connectivity index (χ3v) is 5.13. The molecule has 3 atom stereocenters. The van der Waals surface area contributed by atoms with Crippen LogP contribution < -0.4 is 5.32 Å². The maximum absolute atomic E-state index is 12.7. The molecule has 0 bridgehead atoms. The van der Waals surface area contributed by atoms with Crippen molar-refractivity contribution in [3.05, 3.63) is 0 Å². The van der Waals surface area contributed by atoms with Crippen LogP contribution >= 0.6 is 0 Å². The van der Waals surface area contributed by atoms with E-state index in [-0.39, 0.29) is 17.9 Å². The van der Waals surface area contributed by atoms with E-state index in [0.29, 0.717) is 31.5 Å². The minimum Gasteiger partial charge on any atom is -0.344 e. The molecule has 0 radical (unpaired) electrons. The summed E-state index contributed by atoms with van der Waals surface area (Å²) in [5, 5.41) is 2.86. The molecule has 0 aromatic rings. The Morgan fingerprint density at radius 1 is 1.10 bits per heavy atom. The summed E-state index contributed by atoms with van der Waals surface area (Å²) in [5.41, 5.74) is 0. The molecule has 0 spiro atoms. The predicted octanol–water partition coefficient (Wildman–Crippen LogP) is 0.740. The zero-order chi connectivity index (χ0) is 14.1. The Bertz CT molecular complexity index is 399. The van der Waals surface area contributed by atoms with E-state index in [9.17, 15) is 9.59 Å². The molecule has 3 heterocycles. The number of piperidine rings is 1. The average Bonchev–Trinajstić information content (AvgIpc) is 2.82. The fourth-order valence-electron chi connectivity index (χ4n) is 4.05. The van der Waals surface area contributed by atoms with Gasteiger partial charge in [0.15, 0.2) is 0 Å². The predicted molar refractivity (Wildman–Crippen MR) is 76.2 cm³/mol. The summed E-state index contributed by atoms with van der Waals surface area (Å²) in [6, 6.07) is 0.533. The highest BCUT2D eigenvalue weighted by molar-refractivity contribution is 5.90. The number of rotatable bonds is 2. The summed E-state index contributed by atoms with van der Waals surface area (Å²) in [4.78, 5) is 29.0. The van der Waals surface area contributed by atoms with Crippen molar-refractivity contribution in [1.82, 2.24) is 15.1 Å². The van der Waals surface area contributed by atoms with Crippen molar-refractivity contribution >= 4 is 11.8 Å². The molecular formula is C15H25N3O2. The van der Waals surface area contributed by atoms with Crippen LogP contribution in [0.15, 0.2) is 0 Å². The van der Waals surface area contributed by atoms with Gasteiger partial charge in [-0.1, -0.05) is 13.3 Å². The second-order valence-corrected chi connectivity index (χ2v) is 6.27. The van der Waals surface area contributed by atoms with Gasteiger partial charge in [-0.2, -0.15) is 0 Å². The third-order valence-electron chi connectivity index (χ3n) is 5.13. The van der Waals surface area contributed by atoms with Gasteiger partial charge in [-0.15, -0.1) is 0 Å². The highest BCUT2D eigenvalue weighted by Crippen LogP contribution is 2.31. The standard InChI is InChI=1S/C15H25N3O2/c1-2-11-15(20)18(10-7-14(19)16-11)13-6-9-17-8-4-3-5-12(13)17/h11-13H,2-10H2,1H3,(H,16,19). The number of nitrogens with zero attached hydrogens (tertiary/aromatic N) is 2. The molecule has 3 aliphatic heterocycles. The highest BCUT2D eigenvalue weighted by atomic mass is 16.2. The zero-order valence-electron chi connectivity index (χ0n) is 12.3. The van der Waals surface area contributed by atoms with E-state index in [1.165, 1.54) is 25.8 Å². The summed E-state index contributed by atoms with van der Waals surface area (Å²) in [5.74, 6) is 0.155. The monoisotopic (exact) mass is 279 g/mol. The topological polar surface area (TPSA) is 52.7 Å². The first-order chi connectivity index (χ1) is 9.70. The van der Waals surface area contributed by atoms with E-state index < -0.39 is 0 Å². The number of carbonyl (C=O) groups is 2. The fraction of sp³-hybridized carbons (Fsp3) is 0.867. The van der Waals surface area contributed by atoms with E-state index in [2.05, 4.69) is 10.2 Å². The van der Waals surface area contributed by atoms with E-state index in [0.717, 1.165) is 13.0 Å². The lowest BCUT2D eigenvalue weighted by molar-refractivity contribution is -0.136. The zero-order valence-corrected chi connectivity index (χ0v) is 12.3. The van der Waals surface area contributed by atoms with Crippen molar-refractivity contribution in [1.29, 1.82) is 0 Å². The maximum Gasteiger partial charge on any atom is 0.245 e. The molecule has 20 heavy (non-hydrogen) atoms. The Labute approximate surface area is 120 Å². The quantitative estimate of drug-likeness (QED) is 0.811. The van der Waals surface area contributed by atoms with Gasteiger partial charge >= 0.3 is 0 Å². The SMILES string of the molecule is CCC1NC(=O)CCN(C2CCN3CCCCC23)C1=O. The average molecular weight is 279 g/mol. The van der Waals surface area contributed by atoms with Gasteiger partial charge < -0.3 is 10.2 Å². The molecule has 5 heteroatoms. The van der Waals surface area contributed by atoms with Crippen LogP contribution in [0.4, 0.5) is 0 Å². The first kappa shape index (κ1) is 13.9. The van der Waals surface area contributed by atoms with Gasteiger partial charge in [0.1, 0.15) is 6.04 Å². The van der Waals surface area contributed by atoms with Crippen LogP contribution in [0, 0.1) is 0 Å². The summed E-state index contributed by atoms with van der Waals surface area (Å²) in [7, 11) is 0. The molecule has 1 N–H and O–H groups in total. The lowest BCUT2D eigenvalue weighted by atomic mass is 9.97. The molecule has 0 aromatic heterocycles. The van der Waals surface area contributed by atoms with Crippen molar-refractivity contribution in [2.24, 2.45) is 0 Å². The van der Waals surface area contributed by atoms with Crippen LogP contribution in [0.1, 0.15) is 45.4 Å². The maximum atomic E-state index is 12.7. The lowest BCUT2D eigenvalue weighted by Gasteiger charge is -2.38. The van der Waals surface area contributed by atoms with Crippen LogP contribution in [-0.2, 0) is 9.59 Å². The number of hydrogen-bond acceptors (Lipinski definition) is 3. The number of amides is 2. The molecule has 3 rings (SSSR count). The van der Waals surface area contributed by atoms with E-state index in [1.807, 2.05) is 11.8 Å². The second kappa shape index (κ2) is 5.72. The van der Waals surface area contributed by atoms with Gasteiger partial charge in [0.05, 0.1) is 0 Å². The minimum absolute atomic E-state index is 0.0196. The number of fused-ring (bicyclic) bond motifs is 1. The van der Waals surface area contributed by atoms with Crippen LogP contribution in [0.25, 0.3) is 0 Å². The minimum atomic E-state index is -0.317. The van der Waals surface area contributed by atoms with Crippen LogP contribution in [0.3, 0.4) is 0 Å². The smallest absolute Gasteiger partial charge is 0.245 e. The Hall–Kier alpha value is -1.10. The molecule has 0 aromatic carbocycles. The molecular weight excluding hydrogens is 254 g/mol. The Morgan fingerprint density at radius 2 is 1.95 bits per heavy atom. The van der Waals surface area contributed by atoms with Gasteiger partial charge in [0.2, 0.25) is 11.8 Å². The molecule has 3 fully saturated rings. The number of hydrogen-bond donors (Lipinski definition) is 1. The van der Waals surface area contributed by atoms with E-state index >= 15 is 0 Å². The van der Waals surface area contributed by atoms with Crippen molar-refractivity contribution in [2.75, 3.05) is 19.6 Å². The molecule has 0 saturated carbocycles. The Balaban J connectivity index is 1.77. The van der Waals surface area contributed by atoms with Crippen LogP contribution in [0.5, 0.6) is 0 Å². The normalized spacial score (nSPS) is 35.6. The van der Waals surface area contributed by atoms with Gasteiger partial charge in [-0.3, -0.25) is 14.5 Å². The summed E-state index contributed by atoms with van der Waals surface area (Å²) < 4.78 is 0. The summed E-state index contributed by atoms with van der Waals surface area (Å²) in [6.07, 6.45) is 5.96. The fourth-order valence-corrected chi connectivity index (χ4v) is 4.05. The molecule has 3 saturated heterocycles. The first-order valence-electron chi connectivity index (χ1n) is 8.04. The van der Waals surface area contributed by atoms with Crippen molar-refractivity contribution < 1.29 is 9.59 Å². The summed E-state index contributed by atoms with van der Waals surface area (Å²) >= 11 is 0.